The fourth-order valence-corrected chi connectivity index (χ4v) is 3.11. The van der Waals surface area contributed by atoms with Crippen LogP contribution in [0.1, 0.15) is 10.4 Å². The minimum Gasteiger partial charge on any atom is -0.423 e. The van der Waals surface area contributed by atoms with Crippen molar-refractivity contribution in [2.75, 3.05) is 5.32 Å². The maximum absolute atomic E-state index is 12.4. The number of rotatable bonds is 4. The number of anilines is 1. The lowest BCUT2D eigenvalue weighted by molar-refractivity contribution is 0.104. The molecule has 0 unspecified atom stereocenters. The van der Waals surface area contributed by atoms with Crippen molar-refractivity contribution in [2.24, 2.45) is 0 Å². The van der Waals surface area contributed by atoms with Gasteiger partial charge in [-0.25, -0.2) is 9.59 Å². The van der Waals surface area contributed by atoms with Crippen LogP contribution in [0.25, 0.3) is 21.9 Å². The van der Waals surface area contributed by atoms with Gasteiger partial charge in [0.05, 0.1) is 0 Å². The lowest BCUT2D eigenvalue weighted by atomic mass is 10.1. The first-order chi connectivity index (χ1) is 13.5. The van der Waals surface area contributed by atoms with Crippen LogP contribution >= 0.6 is 15.9 Å². The second kappa shape index (κ2) is 7.28. The molecule has 0 atom stereocenters. The maximum atomic E-state index is 12.4. The molecule has 28 heavy (non-hydrogen) atoms. The van der Waals surface area contributed by atoms with Gasteiger partial charge in [-0.15, -0.1) is 0 Å². The summed E-state index contributed by atoms with van der Waals surface area (Å²) in [7, 11) is 0. The Morgan fingerprint density at radius 3 is 2.54 bits per heavy atom. The van der Waals surface area contributed by atoms with E-state index in [0.29, 0.717) is 22.2 Å². The molecule has 2 aromatic heterocycles. The van der Waals surface area contributed by atoms with Crippen LogP contribution in [0, 0.1) is 0 Å². The molecule has 1 N–H and O–H groups in total. The first kappa shape index (κ1) is 17.9. The summed E-state index contributed by atoms with van der Waals surface area (Å²) in [6.07, 6.45) is 2.69. The van der Waals surface area contributed by atoms with Crippen molar-refractivity contribution >= 4 is 49.3 Å². The molecule has 0 aliphatic rings. The first-order valence-corrected chi connectivity index (χ1v) is 9.04. The fourth-order valence-electron chi connectivity index (χ4n) is 2.73. The molecule has 0 amide bonds. The van der Waals surface area contributed by atoms with E-state index in [1.807, 2.05) is 0 Å². The Labute approximate surface area is 166 Å². The fraction of sp³-hybridized carbons (Fsp3) is 0. The average molecular weight is 438 g/mol. The highest BCUT2D eigenvalue weighted by atomic mass is 79.9. The molecule has 138 valence electrons. The van der Waals surface area contributed by atoms with Gasteiger partial charge in [0, 0.05) is 39.3 Å². The number of allylic oxidation sites excluding steroid dienone is 1. The van der Waals surface area contributed by atoms with Crippen LogP contribution in [0.2, 0.25) is 0 Å². The summed E-state index contributed by atoms with van der Waals surface area (Å²) >= 11 is 3.35. The molecule has 0 aliphatic heterocycles. The van der Waals surface area contributed by atoms with Crippen LogP contribution in [-0.4, -0.2) is 5.78 Å². The quantitative estimate of drug-likeness (QED) is 0.287. The molecule has 0 fully saturated rings. The lowest BCUT2D eigenvalue weighted by Gasteiger charge is -2.03. The summed E-state index contributed by atoms with van der Waals surface area (Å²) in [6, 6.07) is 14.8. The first-order valence-electron chi connectivity index (χ1n) is 8.24. The van der Waals surface area contributed by atoms with Crippen LogP contribution in [0.15, 0.2) is 89.8 Å². The molecule has 0 radical (unpaired) electrons. The van der Waals surface area contributed by atoms with Gasteiger partial charge in [-0.3, -0.25) is 4.79 Å². The summed E-state index contributed by atoms with van der Waals surface area (Å²) in [6.45, 7) is 0. The molecular formula is C21H12BrNO5. The van der Waals surface area contributed by atoms with Gasteiger partial charge >= 0.3 is 11.3 Å². The lowest BCUT2D eigenvalue weighted by Crippen LogP contribution is -2.12. The van der Waals surface area contributed by atoms with Crippen LogP contribution in [-0.2, 0) is 0 Å². The van der Waals surface area contributed by atoms with Crippen LogP contribution in [0.4, 0.5) is 5.69 Å². The van der Waals surface area contributed by atoms with Crippen LogP contribution in [0.5, 0.6) is 0 Å². The number of benzene rings is 2. The van der Waals surface area contributed by atoms with Gasteiger partial charge in [0.15, 0.2) is 5.78 Å². The molecule has 4 aromatic rings. The Morgan fingerprint density at radius 2 is 1.68 bits per heavy atom. The highest BCUT2D eigenvalue weighted by Gasteiger charge is 2.11. The number of halogens is 1. The van der Waals surface area contributed by atoms with Gasteiger partial charge in [0.25, 0.3) is 0 Å². The van der Waals surface area contributed by atoms with Crippen LogP contribution in [0.3, 0.4) is 0 Å². The summed E-state index contributed by atoms with van der Waals surface area (Å²) < 4.78 is 11.1. The number of ketones is 1. The molecule has 0 bridgehead atoms. The van der Waals surface area contributed by atoms with Crippen molar-refractivity contribution in [3.8, 4) is 0 Å². The van der Waals surface area contributed by atoms with Gasteiger partial charge in [-0.05, 0) is 48.5 Å². The van der Waals surface area contributed by atoms with Crippen molar-refractivity contribution < 1.29 is 13.6 Å². The zero-order valence-electron chi connectivity index (χ0n) is 14.3. The van der Waals surface area contributed by atoms with Crippen molar-refractivity contribution in [1.29, 1.82) is 0 Å². The minimum atomic E-state index is -0.690. The standard InChI is InChI=1S/C21H12BrNO5/c22-14-2-4-19-13(9-14)11-16(21(26)28-19)17(24)7-8-23-15-3-5-18-12(10-15)1-6-20(25)27-18/h1-11,23H/b8-7+. The normalized spacial score (nSPS) is 11.3. The zero-order chi connectivity index (χ0) is 19.7. The maximum Gasteiger partial charge on any atom is 0.347 e. The molecule has 2 aromatic carbocycles. The third-order valence-corrected chi connectivity index (χ3v) is 4.56. The van der Waals surface area contributed by atoms with E-state index in [1.54, 1.807) is 42.5 Å². The van der Waals surface area contributed by atoms with E-state index in [2.05, 4.69) is 21.2 Å². The van der Waals surface area contributed by atoms with E-state index in [9.17, 15) is 14.4 Å². The molecule has 7 heteroatoms. The van der Waals surface area contributed by atoms with E-state index >= 15 is 0 Å². The summed E-state index contributed by atoms with van der Waals surface area (Å²) in [5.74, 6) is -0.477. The Kier molecular flexibility index (Phi) is 4.67. The van der Waals surface area contributed by atoms with E-state index in [-0.39, 0.29) is 5.56 Å². The second-order valence-corrected chi connectivity index (χ2v) is 6.89. The predicted octanol–water partition coefficient (Wildman–Crippen LogP) is 4.47. The summed E-state index contributed by atoms with van der Waals surface area (Å²) in [4.78, 5) is 35.7. The number of carbonyl (C=O) groups excluding carboxylic acids is 1. The smallest absolute Gasteiger partial charge is 0.347 e. The average Bonchev–Trinajstić information content (AvgIpc) is 2.67. The Bertz CT molecular complexity index is 1370. The highest BCUT2D eigenvalue weighted by Crippen LogP contribution is 2.20. The molecule has 4 rings (SSSR count). The predicted molar refractivity (Wildman–Crippen MR) is 110 cm³/mol. The van der Waals surface area contributed by atoms with Crippen molar-refractivity contribution in [3.63, 3.8) is 0 Å². The molecule has 0 saturated carbocycles. The number of hydrogen-bond acceptors (Lipinski definition) is 6. The van der Waals surface area contributed by atoms with Crippen LogP contribution < -0.4 is 16.6 Å². The van der Waals surface area contributed by atoms with E-state index in [4.69, 9.17) is 8.83 Å². The summed E-state index contributed by atoms with van der Waals surface area (Å²) in [5.41, 5.74) is 0.418. The minimum absolute atomic E-state index is 0.0519. The van der Waals surface area contributed by atoms with Gasteiger partial charge in [-0.1, -0.05) is 15.9 Å². The Hall–Kier alpha value is -3.45. The Balaban J connectivity index is 1.56. The van der Waals surface area contributed by atoms with Crippen molar-refractivity contribution in [3.05, 3.63) is 97.7 Å². The number of hydrogen-bond donors (Lipinski definition) is 1. The van der Waals surface area contributed by atoms with Gasteiger partial charge < -0.3 is 14.2 Å². The molecule has 6 nitrogen and oxygen atoms in total. The van der Waals surface area contributed by atoms with Crippen molar-refractivity contribution in [2.45, 2.75) is 0 Å². The van der Waals surface area contributed by atoms with Gasteiger partial charge in [-0.2, -0.15) is 0 Å². The number of nitrogens with one attached hydrogen (secondary N) is 1. The SMILES string of the molecule is O=C(/C=C/Nc1ccc2oc(=O)ccc2c1)c1cc2cc(Br)ccc2oc1=O. The molecule has 0 aliphatic carbocycles. The zero-order valence-corrected chi connectivity index (χ0v) is 15.9. The monoisotopic (exact) mass is 437 g/mol. The molecular weight excluding hydrogens is 426 g/mol. The van der Waals surface area contributed by atoms with Gasteiger partial charge in [0.1, 0.15) is 16.7 Å². The van der Waals surface area contributed by atoms with E-state index in [0.717, 1.165) is 9.86 Å². The number of carbonyl (C=O) groups is 1. The van der Waals surface area contributed by atoms with Crippen molar-refractivity contribution in [1.82, 2.24) is 0 Å². The molecule has 0 spiro atoms. The topological polar surface area (TPSA) is 89.5 Å². The largest absolute Gasteiger partial charge is 0.423 e. The summed E-state index contributed by atoms with van der Waals surface area (Å²) in [5, 5.41) is 4.35. The van der Waals surface area contributed by atoms with E-state index in [1.165, 1.54) is 24.4 Å². The molecule has 2 heterocycles. The highest BCUT2D eigenvalue weighted by molar-refractivity contribution is 9.10. The third-order valence-electron chi connectivity index (χ3n) is 4.06. The second-order valence-electron chi connectivity index (χ2n) is 5.98. The van der Waals surface area contributed by atoms with E-state index < -0.39 is 17.0 Å². The number of fused-ring (bicyclic) bond motifs is 2. The Morgan fingerprint density at radius 1 is 0.893 bits per heavy atom. The van der Waals surface area contributed by atoms with Gasteiger partial charge in [0.2, 0.25) is 0 Å². The molecule has 0 saturated heterocycles. The third kappa shape index (κ3) is 3.65.